The van der Waals surface area contributed by atoms with E-state index in [1.54, 1.807) is 16.4 Å². The Labute approximate surface area is 144 Å². The summed E-state index contributed by atoms with van der Waals surface area (Å²) in [6.45, 7) is 2.62. The second-order valence-electron chi connectivity index (χ2n) is 7.21. The third-order valence-electron chi connectivity index (χ3n) is 5.65. The van der Waals surface area contributed by atoms with Crippen LogP contribution in [0.4, 0.5) is 0 Å². The van der Waals surface area contributed by atoms with Crippen LogP contribution in [0.25, 0.3) is 0 Å². The van der Waals surface area contributed by atoms with Crippen molar-refractivity contribution >= 4 is 10.0 Å². The van der Waals surface area contributed by atoms with Gasteiger partial charge in [-0.2, -0.15) is 4.31 Å². The van der Waals surface area contributed by atoms with Gasteiger partial charge in [0.2, 0.25) is 10.0 Å². The van der Waals surface area contributed by atoms with Crippen LogP contribution in [0.3, 0.4) is 0 Å². The first-order valence-corrected chi connectivity index (χ1v) is 10.1. The largest absolute Gasteiger partial charge is 0.243 e. The fraction of sp³-hybridized carbons (Fsp3) is 0.400. The molecule has 0 N–H and O–H groups in total. The molecular weight excluding hydrogens is 318 g/mol. The lowest BCUT2D eigenvalue weighted by molar-refractivity contribution is 0.207. The van der Waals surface area contributed by atoms with Crippen LogP contribution in [0, 0.1) is 12.8 Å². The van der Waals surface area contributed by atoms with Gasteiger partial charge in [0.05, 0.1) is 10.4 Å². The number of sulfonamides is 1. The summed E-state index contributed by atoms with van der Waals surface area (Å²) in [5.41, 5.74) is 1.85. The number of fused-ring (bicyclic) bond motifs is 2. The van der Waals surface area contributed by atoms with Crippen LogP contribution < -0.4 is 0 Å². The SMILES string of the molecule is Cc1ccc(S(=O)(=O)N2CC3CCCC2(c2ccccc2)C3)cc1. The quantitative estimate of drug-likeness (QED) is 0.843. The van der Waals surface area contributed by atoms with Crippen LogP contribution in [0.1, 0.15) is 36.8 Å². The molecule has 24 heavy (non-hydrogen) atoms. The molecule has 4 heteroatoms. The summed E-state index contributed by atoms with van der Waals surface area (Å²) in [7, 11) is -3.48. The fourth-order valence-corrected chi connectivity index (χ4v) is 6.35. The number of nitrogens with zero attached hydrogens (tertiary/aromatic N) is 1. The zero-order valence-electron chi connectivity index (χ0n) is 14.0. The summed E-state index contributed by atoms with van der Waals surface area (Å²) < 4.78 is 28.6. The average molecular weight is 341 g/mol. The molecular formula is C20H23NO2S. The van der Waals surface area contributed by atoms with Gasteiger partial charge in [0, 0.05) is 6.54 Å². The van der Waals surface area contributed by atoms with E-state index in [0.29, 0.717) is 17.4 Å². The lowest BCUT2D eigenvalue weighted by atomic mass is 9.76. The standard InChI is InChI=1S/C20H23NO2S/c1-16-9-11-19(12-10-16)24(22,23)21-15-17-6-5-13-20(21,14-17)18-7-3-2-4-8-18/h2-4,7-12,17H,5-6,13-15H2,1H3. The van der Waals surface area contributed by atoms with Gasteiger partial charge in [0.15, 0.2) is 0 Å². The molecule has 1 aliphatic heterocycles. The third kappa shape index (κ3) is 2.40. The Bertz CT molecular complexity index is 830. The van der Waals surface area contributed by atoms with Gasteiger partial charge in [-0.1, -0.05) is 54.4 Å². The van der Waals surface area contributed by atoms with Crippen LogP contribution in [-0.2, 0) is 15.6 Å². The molecule has 1 heterocycles. The Morgan fingerprint density at radius 1 is 1.04 bits per heavy atom. The van der Waals surface area contributed by atoms with E-state index in [-0.39, 0.29) is 5.54 Å². The molecule has 3 nitrogen and oxygen atoms in total. The van der Waals surface area contributed by atoms with Crippen LogP contribution >= 0.6 is 0 Å². The number of aryl methyl sites for hydroxylation is 1. The molecule has 2 bridgehead atoms. The summed E-state index contributed by atoms with van der Waals surface area (Å²) in [5, 5.41) is 0. The first kappa shape index (κ1) is 15.9. The lowest BCUT2D eigenvalue weighted by Gasteiger charge is -2.39. The van der Waals surface area contributed by atoms with Crippen molar-refractivity contribution in [3.05, 3.63) is 65.7 Å². The first-order chi connectivity index (χ1) is 11.5. The van der Waals surface area contributed by atoms with Gasteiger partial charge in [-0.25, -0.2) is 8.42 Å². The molecule has 1 saturated heterocycles. The molecule has 2 unspecified atom stereocenters. The van der Waals surface area contributed by atoms with Gasteiger partial charge in [-0.15, -0.1) is 0 Å². The summed E-state index contributed by atoms with van der Waals surface area (Å²) in [6, 6.07) is 17.4. The van der Waals surface area contributed by atoms with Gasteiger partial charge in [0.1, 0.15) is 0 Å². The van der Waals surface area contributed by atoms with E-state index in [1.807, 2.05) is 37.3 Å². The summed E-state index contributed by atoms with van der Waals surface area (Å²) in [6.07, 6.45) is 4.09. The fourth-order valence-electron chi connectivity index (χ4n) is 4.48. The number of benzene rings is 2. The second kappa shape index (κ2) is 5.71. The zero-order valence-corrected chi connectivity index (χ0v) is 14.8. The number of rotatable bonds is 3. The van der Waals surface area contributed by atoms with Gasteiger partial charge >= 0.3 is 0 Å². The Hall–Kier alpha value is -1.65. The minimum Gasteiger partial charge on any atom is -0.207 e. The summed E-state index contributed by atoms with van der Waals surface area (Å²) in [4.78, 5) is 0.413. The monoisotopic (exact) mass is 341 g/mol. The molecule has 1 saturated carbocycles. The van der Waals surface area contributed by atoms with Crippen LogP contribution in [0.5, 0.6) is 0 Å². The maximum Gasteiger partial charge on any atom is 0.243 e. The predicted octanol–water partition coefficient (Wildman–Crippen LogP) is 4.09. The van der Waals surface area contributed by atoms with E-state index < -0.39 is 10.0 Å². The van der Waals surface area contributed by atoms with Crippen molar-refractivity contribution in [2.45, 2.75) is 43.0 Å². The van der Waals surface area contributed by atoms with Gasteiger partial charge < -0.3 is 0 Å². The Morgan fingerprint density at radius 2 is 1.75 bits per heavy atom. The van der Waals surface area contributed by atoms with Crippen molar-refractivity contribution in [2.75, 3.05) is 6.54 Å². The molecule has 1 aliphatic carbocycles. The highest BCUT2D eigenvalue weighted by molar-refractivity contribution is 7.89. The predicted molar refractivity (Wildman–Crippen MR) is 95.1 cm³/mol. The third-order valence-corrected chi connectivity index (χ3v) is 7.60. The van der Waals surface area contributed by atoms with E-state index in [1.165, 1.54) is 0 Å². The van der Waals surface area contributed by atoms with E-state index >= 15 is 0 Å². The van der Waals surface area contributed by atoms with E-state index in [4.69, 9.17) is 0 Å². The summed E-state index contributed by atoms with van der Waals surface area (Å²) >= 11 is 0. The topological polar surface area (TPSA) is 37.4 Å². The Balaban J connectivity index is 1.82. The minimum absolute atomic E-state index is 0.367. The average Bonchev–Trinajstić information content (AvgIpc) is 2.88. The molecule has 2 aromatic carbocycles. The molecule has 0 radical (unpaired) electrons. The molecule has 2 atom stereocenters. The zero-order chi connectivity index (χ0) is 16.8. The molecule has 0 aromatic heterocycles. The Kier molecular flexibility index (Phi) is 3.77. The number of hydrogen-bond acceptors (Lipinski definition) is 2. The maximum atomic E-state index is 13.4. The van der Waals surface area contributed by atoms with Crippen molar-refractivity contribution in [1.29, 1.82) is 0 Å². The van der Waals surface area contributed by atoms with E-state index in [0.717, 1.165) is 36.8 Å². The highest BCUT2D eigenvalue weighted by Gasteiger charge is 2.53. The van der Waals surface area contributed by atoms with Crippen molar-refractivity contribution in [1.82, 2.24) is 4.31 Å². The van der Waals surface area contributed by atoms with Crippen molar-refractivity contribution in [2.24, 2.45) is 5.92 Å². The van der Waals surface area contributed by atoms with Gasteiger partial charge in [0.25, 0.3) is 0 Å². The number of hydrogen-bond donors (Lipinski definition) is 0. The Morgan fingerprint density at radius 3 is 2.46 bits per heavy atom. The van der Waals surface area contributed by atoms with E-state index in [2.05, 4.69) is 12.1 Å². The second-order valence-corrected chi connectivity index (χ2v) is 9.07. The molecule has 4 rings (SSSR count). The maximum absolute atomic E-state index is 13.4. The van der Waals surface area contributed by atoms with Crippen molar-refractivity contribution in [3.63, 3.8) is 0 Å². The molecule has 0 amide bonds. The minimum atomic E-state index is -3.48. The van der Waals surface area contributed by atoms with Crippen molar-refractivity contribution < 1.29 is 8.42 Å². The van der Waals surface area contributed by atoms with Crippen LogP contribution in [0.15, 0.2) is 59.5 Å². The highest BCUT2D eigenvalue weighted by Crippen LogP contribution is 2.52. The lowest BCUT2D eigenvalue weighted by Crippen LogP contribution is -2.44. The van der Waals surface area contributed by atoms with E-state index in [9.17, 15) is 8.42 Å². The highest BCUT2D eigenvalue weighted by atomic mass is 32.2. The normalized spacial score (nSPS) is 27.3. The molecule has 0 spiro atoms. The van der Waals surface area contributed by atoms with Crippen LogP contribution in [-0.4, -0.2) is 19.3 Å². The molecule has 2 fully saturated rings. The molecule has 2 aromatic rings. The van der Waals surface area contributed by atoms with Gasteiger partial charge in [-0.3, -0.25) is 0 Å². The molecule has 126 valence electrons. The summed E-state index contributed by atoms with van der Waals surface area (Å²) in [5.74, 6) is 0.471. The molecule has 2 aliphatic rings. The smallest absolute Gasteiger partial charge is 0.207 e. The first-order valence-electron chi connectivity index (χ1n) is 8.67. The van der Waals surface area contributed by atoms with Crippen LogP contribution in [0.2, 0.25) is 0 Å². The van der Waals surface area contributed by atoms with Crippen molar-refractivity contribution in [3.8, 4) is 0 Å². The van der Waals surface area contributed by atoms with Gasteiger partial charge in [-0.05, 0) is 49.8 Å².